The maximum atomic E-state index is 9.57. The van der Waals surface area contributed by atoms with Crippen LogP contribution in [0, 0.1) is 11.3 Å². The molecule has 0 saturated carbocycles. The number of unbranched alkanes of at least 4 members (excludes halogenated alkanes) is 1. The molecule has 0 fully saturated rings. The van der Waals surface area contributed by atoms with E-state index < -0.39 is 0 Å². The van der Waals surface area contributed by atoms with E-state index in [1.54, 1.807) is 0 Å². The average Bonchev–Trinajstić information content (AvgIpc) is 2.84. The predicted molar refractivity (Wildman–Crippen MR) is 83.5 cm³/mol. The zero-order valence-corrected chi connectivity index (χ0v) is 12.4. The molecule has 0 spiro atoms. The van der Waals surface area contributed by atoms with Gasteiger partial charge < -0.3 is 4.57 Å². The topological polar surface area (TPSA) is 28.7 Å². The van der Waals surface area contributed by atoms with Gasteiger partial charge in [-0.2, -0.15) is 5.26 Å². The Hall–Kier alpha value is -2.01. The summed E-state index contributed by atoms with van der Waals surface area (Å²) in [4.78, 5) is 0. The van der Waals surface area contributed by atoms with Gasteiger partial charge >= 0.3 is 0 Å². The van der Waals surface area contributed by atoms with Gasteiger partial charge in [-0.05, 0) is 24.5 Å². The number of benzene rings is 1. The first-order valence-corrected chi connectivity index (χ1v) is 7.49. The molecule has 104 valence electrons. The fourth-order valence-corrected chi connectivity index (χ4v) is 2.60. The van der Waals surface area contributed by atoms with E-state index in [4.69, 9.17) is 0 Å². The van der Waals surface area contributed by atoms with Crippen LogP contribution in [-0.2, 0) is 13.0 Å². The molecule has 2 aromatic rings. The van der Waals surface area contributed by atoms with Crippen LogP contribution < -0.4 is 0 Å². The Morgan fingerprint density at radius 3 is 2.45 bits per heavy atom. The van der Waals surface area contributed by atoms with E-state index in [9.17, 15) is 5.26 Å². The minimum Gasteiger partial charge on any atom is -0.336 e. The van der Waals surface area contributed by atoms with Gasteiger partial charge in [0.15, 0.2) is 0 Å². The maximum absolute atomic E-state index is 9.57. The van der Waals surface area contributed by atoms with E-state index in [-0.39, 0.29) is 0 Å². The second-order valence-electron chi connectivity index (χ2n) is 5.13. The molecule has 2 rings (SSSR count). The van der Waals surface area contributed by atoms with Crippen molar-refractivity contribution >= 4 is 0 Å². The van der Waals surface area contributed by atoms with Gasteiger partial charge in [-0.3, -0.25) is 0 Å². The van der Waals surface area contributed by atoms with Crippen LogP contribution in [0.5, 0.6) is 0 Å². The van der Waals surface area contributed by atoms with Crippen LogP contribution in [0.15, 0.2) is 36.4 Å². The molecule has 0 aliphatic carbocycles. The van der Waals surface area contributed by atoms with Crippen LogP contribution in [0.2, 0.25) is 0 Å². The van der Waals surface area contributed by atoms with Crippen molar-refractivity contribution in [3.63, 3.8) is 0 Å². The zero-order chi connectivity index (χ0) is 14.4. The summed E-state index contributed by atoms with van der Waals surface area (Å²) in [5, 5.41) is 9.57. The molecule has 0 bridgehead atoms. The molecular weight excluding hydrogens is 244 g/mol. The molecule has 1 aromatic heterocycles. The molecule has 20 heavy (non-hydrogen) atoms. The third-order valence-corrected chi connectivity index (χ3v) is 3.61. The van der Waals surface area contributed by atoms with Gasteiger partial charge in [-0.25, -0.2) is 0 Å². The first kappa shape index (κ1) is 14.4. The summed E-state index contributed by atoms with van der Waals surface area (Å²) in [6.45, 7) is 5.32. The number of aryl methyl sites for hydroxylation is 1. The normalized spacial score (nSPS) is 10.4. The van der Waals surface area contributed by atoms with Crippen LogP contribution >= 0.6 is 0 Å². The standard InChI is InChI=1S/C18H22N2/c1-3-5-12-20-16(9-4-2)13-17(18(20)14-19)15-10-7-6-8-11-15/h6-8,10-11,13H,3-5,9,12H2,1-2H3. The molecular formula is C18H22N2. The fraction of sp³-hybridized carbons (Fsp3) is 0.389. The molecule has 1 aromatic carbocycles. The first-order chi connectivity index (χ1) is 9.81. The van der Waals surface area contributed by atoms with Gasteiger partial charge in [0.05, 0.1) is 0 Å². The molecule has 0 N–H and O–H groups in total. The molecule has 0 radical (unpaired) electrons. The number of nitrogens with zero attached hydrogens (tertiary/aromatic N) is 2. The predicted octanol–water partition coefficient (Wildman–Crippen LogP) is 4.78. The van der Waals surface area contributed by atoms with Crippen LogP contribution in [0.4, 0.5) is 0 Å². The Balaban J connectivity index is 2.50. The fourth-order valence-electron chi connectivity index (χ4n) is 2.60. The Morgan fingerprint density at radius 2 is 1.85 bits per heavy atom. The summed E-state index contributed by atoms with van der Waals surface area (Å²) >= 11 is 0. The molecule has 0 unspecified atom stereocenters. The van der Waals surface area contributed by atoms with E-state index in [1.807, 2.05) is 18.2 Å². The highest BCUT2D eigenvalue weighted by Crippen LogP contribution is 2.28. The average molecular weight is 266 g/mol. The Labute approximate surface area is 121 Å². The lowest BCUT2D eigenvalue weighted by molar-refractivity contribution is 0.601. The summed E-state index contributed by atoms with van der Waals surface area (Å²) in [5.74, 6) is 0. The largest absolute Gasteiger partial charge is 0.336 e. The monoisotopic (exact) mass is 266 g/mol. The molecule has 0 saturated heterocycles. The highest BCUT2D eigenvalue weighted by molar-refractivity contribution is 5.70. The van der Waals surface area contributed by atoms with Gasteiger partial charge in [0.1, 0.15) is 11.8 Å². The van der Waals surface area contributed by atoms with Gasteiger partial charge in [-0.1, -0.05) is 57.0 Å². The van der Waals surface area contributed by atoms with Gasteiger partial charge in [0.25, 0.3) is 0 Å². The number of hydrogen-bond acceptors (Lipinski definition) is 1. The van der Waals surface area contributed by atoms with E-state index in [0.717, 1.165) is 49.0 Å². The van der Waals surface area contributed by atoms with Crippen molar-refractivity contribution in [3.8, 4) is 17.2 Å². The molecule has 0 atom stereocenters. The molecule has 2 nitrogen and oxygen atoms in total. The van der Waals surface area contributed by atoms with Gasteiger partial charge in [-0.15, -0.1) is 0 Å². The summed E-state index contributed by atoms with van der Waals surface area (Å²) in [5.41, 5.74) is 4.31. The zero-order valence-electron chi connectivity index (χ0n) is 12.4. The third-order valence-electron chi connectivity index (χ3n) is 3.61. The summed E-state index contributed by atoms with van der Waals surface area (Å²) in [7, 11) is 0. The first-order valence-electron chi connectivity index (χ1n) is 7.49. The van der Waals surface area contributed by atoms with Crippen molar-refractivity contribution in [3.05, 3.63) is 47.8 Å². The Bertz CT molecular complexity index is 588. The van der Waals surface area contributed by atoms with E-state index in [0.29, 0.717) is 0 Å². The minimum atomic E-state index is 0.813. The molecule has 2 heteroatoms. The molecule has 0 aliphatic heterocycles. The smallest absolute Gasteiger partial charge is 0.128 e. The van der Waals surface area contributed by atoms with Crippen molar-refractivity contribution < 1.29 is 0 Å². The van der Waals surface area contributed by atoms with Crippen molar-refractivity contribution in [2.24, 2.45) is 0 Å². The van der Waals surface area contributed by atoms with Gasteiger partial charge in [0.2, 0.25) is 0 Å². The van der Waals surface area contributed by atoms with Crippen LogP contribution in [0.3, 0.4) is 0 Å². The third kappa shape index (κ3) is 2.93. The second kappa shape index (κ2) is 6.96. The highest BCUT2D eigenvalue weighted by Gasteiger charge is 2.15. The van der Waals surface area contributed by atoms with Crippen LogP contribution in [-0.4, -0.2) is 4.57 Å². The SMILES string of the molecule is CCCCn1c(CCC)cc(-c2ccccc2)c1C#N. The molecule has 0 aliphatic rings. The summed E-state index contributed by atoms with van der Waals surface area (Å²) in [6.07, 6.45) is 4.41. The minimum absolute atomic E-state index is 0.813. The van der Waals surface area contributed by atoms with Crippen molar-refractivity contribution in [1.82, 2.24) is 4.57 Å². The van der Waals surface area contributed by atoms with E-state index >= 15 is 0 Å². The van der Waals surface area contributed by atoms with Crippen molar-refractivity contribution in [2.45, 2.75) is 46.1 Å². The van der Waals surface area contributed by atoms with Crippen LogP contribution in [0.25, 0.3) is 11.1 Å². The summed E-state index contributed by atoms with van der Waals surface area (Å²) < 4.78 is 2.22. The summed E-state index contributed by atoms with van der Waals surface area (Å²) in [6, 6.07) is 14.8. The van der Waals surface area contributed by atoms with E-state index in [2.05, 4.69) is 42.7 Å². The number of hydrogen-bond donors (Lipinski definition) is 0. The van der Waals surface area contributed by atoms with Crippen LogP contribution in [0.1, 0.15) is 44.5 Å². The van der Waals surface area contributed by atoms with Crippen molar-refractivity contribution in [1.29, 1.82) is 5.26 Å². The Kier molecular flexibility index (Phi) is 5.01. The molecule has 0 amide bonds. The quantitative estimate of drug-likeness (QED) is 0.739. The second-order valence-corrected chi connectivity index (χ2v) is 5.13. The number of rotatable bonds is 6. The van der Waals surface area contributed by atoms with Crippen molar-refractivity contribution in [2.75, 3.05) is 0 Å². The molecule has 1 heterocycles. The lowest BCUT2D eigenvalue weighted by Gasteiger charge is -2.09. The van der Waals surface area contributed by atoms with Gasteiger partial charge in [0, 0.05) is 17.8 Å². The Morgan fingerprint density at radius 1 is 1.10 bits per heavy atom. The number of nitriles is 1. The van der Waals surface area contributed by atoms with E-state index in [1.165, 1.54) is 5.69 Å². The lowest BCUT2D eigenvalue weighted by atomic mass is 10.1. The lowest BCUT2D eigenvalue weighted by Crippen LogP contribution is -2.05. The highest BCUT2D eigenvalue weighted by atomic mass is 15.0. The number of aromatic nitrogens is 1. The maximum Gasteiger partial charge on any atom is 0.128 e.